The van der Waals surface area contributed by atoms with E-state index in [0.29, 0.717) is 35.5 Å². The second-order valence-electron chi connectivity index (χ2n) is 7.65. The molecule has 1 aliphatic heterocycles. The van der Waals surface area contributed by atoms with Gasteiger partial charge in [0, 0.05) is 6.54 Å². The fourth-order valence-corrected chi connectivity index (χ4v) is 5.47. The van der Waals surface area contributed by atoms with Gasteiger partial charge in [-0.1, -0.05) is 19.3 Å². The minimum atomic E-state index is -0.457. The quantitative estimate of drug-likeness (QED) is 0.227. The van der Waals surface area contributed by atoms with Crippen LogP contribution in [0, 0.1) is 9.49 Å². The third-order valence-electron chi connectivity index (χ3n) is 5.31. The molecule has 2 fully saturated rings. The number of carbonyl (C=O) groups is 3. The van der Waals surface area contributed by atoms with Crippen LogP contribution < -0.4 is 9.47 Å². The van der Waals surface area contributed by atoms with Crippen LogP contribution in [0.3, 0.4) is 0 Å². The van der Waals surface area contributed by atoms with Gasteiger partial charge < -0.3 is 14.2 Å². The number of benzene rings is 1. The largest absolute Gasteiger partial charge is 0.490 e. The molecule has 0 spiro atoms. The highest BCUT2D eigenvalue weighted by atomic mass is 127. The summed E-state index contributed by atoms with van der Waals surface area (Å²) in [6, 6.07) is 3.58. The molecule has 0 radical (unpaired) electrons. The van der Waals surface area contributed by atoms with Crippen LogP contribution in [0.5, 0.6) is 11.5 Å². The summed E-state index contributed by atoms with van der Waals surface area (Å²) >= 11 is 3.08. The molecular weight excluding hydrogens is 545 g/mol. The summed E-state index contributed by atoms with van der Waals surface area (Å²) in [5.41, 5.74) is 0.726. The van der Waals surface area contributed by atoms with Crippen molar-refractivity contribution in [1.29, 1.82) is 0 Å². The Bertz CT molecular complexity index is 897. The van der Waals surface area contributed by atoms with E-state index in [1.165, 1.54) is 24.2 Å². The molecule has 1 aliphatic carbocycles. The first-order valence-corrected chi connectivity index (χ1v) is 12.8. The molecule has 9 heteroatoms. The zero-order valence-corrected chi connectivity index (χ0v) is 21.3. The molecule has 1 aromatic carbocycles. The molecule has 0 unspecified atom stereocenters. The number of nitrogens with zero attached hydrogens (tertiary/aromatic N) is 1. The normalized spacial score (nSPS) is 18.3. The number of imide groups is 1. The molecule has 1 saturated heterocycles. The van der Waals surface area contributed by atoms with Crippen LogP contribution in [0.25, 0.3) is 6.08 Å². The Hall–Kier alpha value is -1.75. The second kappa shape index (κ2) is 11.9. The van der Waals surface area contributed by atoms with Gasteiger partial charge >= 0.3 is 5.97 Å². The molecule has 0 aromatic heterocycles. The van der Waals surface area contributed by atoms with Crippen LogP contribution in [0.4, 0.5) is 4.79 Å². The van der Waals surface area contributed by atoms with E-state index in [0.717, 1.165) is 33.7 Å². The van der Waals surface area contributed by atoms with Crippen molar-refractivity contribution >= 4 is 57.5 Å². The van der Waals surface area contributed by atoms with Gasteiger partial charge in [-0.15, -0.1) is 0 Å². The number of hydrogen-bond acceptors (Lipinski definition) is 7. The fraction of sp³-hybridized carbons (Fsp3) is 0.522. The van der Waals surface area contributed by atoms with E-state index < -0.39 is 5.97 Å². The molecule has 0 bridgehead atoms. The van der Waals surface area contributed by atoms with E-state index in [1.807, 2.05) is 13.0 Å². The fourth-order valence-electron chi connectivity index (χ4n) is 3.84. The maximum Gasteiger partial charge on any atom is 0.344 e. The van der Waals surface area contributed by atoms with Crippen LogP contribution in [0.1, 0.15) is 51.5 Å². The third-order valence-corrected chi connectivity index (χ3v) is 7.02. The zero-order chi connectivity index (χ0) is 23.1. The first kappa shape index (κ1) is 24.9. The lowest BCUT2D eigenvalue weighted by Crippen LogP contribution is -2.34. The standard InChI is InChI=1S/C23H28INO6S/c1-3-29-18-11-16(10-17(24)21(18)31-14-20(26)30-4-2)12-19-22(27)25(23(28)32-19)13-15-8-6-5-7-9-15/h10-12,15H,3-9,13-14H2,1-2H3/b19-12+. The lowest BCUT2D eigenvalue weighted by molar-refractivity contribution is -0.145. The molecule has 0 atom stereocenters. The van der Waals surface area contributed by atoms with Crippen LogP contribution in [0.2, 0.25) is 0 Å². The maximum atomic E-state index is 12.9. The Morgan fingerprint density at radius 2 is 1.91 bits per heavy atom. The summed E-state index contributed by atoms with van der Waals surface area (Å²) in [4.78, 5) is 38.8. The van der Waals surface area contributed by atoms with Gasteiger partial charge in [0.2, 0.25) is 0 Å². The topological polar surface area (TPSA) is 82.1 Å². The van der Waals surface area contributed by atoms with Gasteiger partial charge in [0.15, 0.2) is 18.1 Å². The summed E-state index contributed by atoms with van der Waals surface area (Å²) in [5, 5.41) is -0.207. The summed E-state index contributed by atoms with van der Waals surface area (Å²) in [6.07, 6.45) is 7.43. The van der Waals surface area contributed by atoms with E-state index in [4.69, 9.17) is 14.2 Å². The molecule has 2 amide bonds. The third kappa shape index (κ3) is 6.40. The minimum Gasteiger partial charge on any atom is -0.490 e. The van der Waals surface area contributed by atoms with Gasteiger partial charge in [-0.2, -0.15) is 0 Å². The predicted molar refractivity (Wildman–Crippen MR) is 132 cm³/mol. The summed E-state index contributed by atoms with van der Waals surface area (Å²) in [5.74, 6) is 0.625. The van der Waals surface area contributed by atoms with Crippen molar-refractivity contribution in [2.75, 3.05) is 26.4 Å². The first-order chi connectivity index (χ1) is 15.4. The van der Waals surface area contributed by atoms with Crippen LogP contribution >= 0.6 is 34.4 Å². The van der Waals surface area contributed by atoms with Crippen LogP contribution in [-0.2, 0) is 14.3 Å². The average Bonchev–Trinajstić information content (AvgIpc) is 3.01. The number of hydrogen-bond donors (Lipinski definition) is 0. The predicted octanol–water partition coefficient (Wildman–Crippen LogP) is 5.25. The smallest absolute Gasteiger partial charge is 0.344 e. The van der Waals surface area contributed by atoms with E-state index in [9.17, 15) is 14.4 Å². The average molecular weight is 573 g/mol. The Morgan fingerprint density at radius 3 is 2.59 bits per heavy atom. The van der Waals surface area contributed by atoms with Gasteiger partial charge in [-0.3, -0.25) is 14.5 Å². The number of esters is 1. The monoisotopic (exact) mass is 573 g/mol. The van der Waals surface area contributed by atoms with Crippen molar-refractivity contribution in [2.45, 2.75) is 46.0 Å². The van der Waals surface area contributed by atoms with E-state index in [2.05, 4.69) is 22.6 Å². The summed E-state index contributed by atoms with van der Waals surface area (Å²) < 4.78 is 17.0. The van der Waals surface area contributed by atoms with Crippen LogP contribution in [0.15, 0.2) is 17.0 Å². The lowest BCUT2D eigenvalue weighted by atomic mass is 9.89. The van der Waals surface area contributed by atoms with Crippen molar-refractivity contribution in [3.05, 3.63) is 26.2 Å². The number of carbonyl (C=O) groups excluding carboxylic acids is 3. The van der Waals surface area contributed by atoms with Crippen molar-refractivity contribution in [3.8, 4) is 11.5 Å². The molecular formula is C23H28INO6S. The maximum absolute atomic E-state index is 12.9. The highest BCUT2D eigenvalue weighted by Gasteiger charge is 2.36. The van der Waals surface area contributed by atoms with Gasteiger partial charge in [0.05, 0.1) is 21.7 Å². The Morgan fingerprint density at radius 1 is 1.16 bits per heavy atom. The van der Waals surface area contributed by atoms with E-state index in [-0.39, 0.29) is 24.4 Å². The van der Waals surface area contributed by atoms with Crippen molar-refractivity contribution < 1.29 is 28.6 Å². The zero-order valence-electron chi connectivity index (χ0n) is 18.4. The molecule has 1 saturated carbocycles. The SMILES string of the molecule is CCOC(=O)COc1c(I)cc(/C=C2/SC(=O)N(CC3CCCCC3)C2=O)cc1OCC. The summed E-state index contributed by atoms with van der Waals surface area (Å²) in [6.45, 7) is 4.57. The number of ether oxygens (including phenoxy) is 3. The Kier molecular flexibility index (Phi) is 9.27. The Labute approximate surface area is 206 Å². The molecule has 1 heterocycles. The minimum absolute atomic E-state index is 0.207. The molecule has 2 aliphatic rings. The van der Waals surface area contributed by atoms with Crippen molar-refractivity contribution in [2.24, 2.45) is 5.92 Å². The first-order valence-electron chi connectivity index (χ1n) is 10.9. The van der Waals surface area contributed by atoms with E-state index >= 15 is 0 Å². The molecule has 1 aromatic rings. The lowest BCUT2D eigenvalue weighted by Gasteiger charge is -2.25. The number of rotatable bonds is 9. The van der Waals surface area contributed by atoms with Crippen LogP contribution in [-0.4, -0.2) is 48.4 Å². The Balaban J connectivity index is 1.77. The van der Waals surface area contributed by atoms with E-state index in [1.54, 1.807) is 19.1 Å². The molecule has 0 N–H and O–H groups in total. The van der Waals surface area contributed by atoms with Crippen molar-refractivity contribution in [3.63, 3.8) is 0 Å². The van der Waals surface area contributed by atoms with Gasteiger partial charge in [-0.05, 0) is 90.7 Å². The molecule has 7 nitrogen and oxygen atoms in total. The van der Waals surface area contributed by atoms with Gasteiger partial charge in [0.1, 0.15) is 0 Å². The number of amides is 2. The highest BCUT2D eigenvalue weighted by molar-refractivity contribution is 14.1. The number of thioether (sulfide) groups is 1. The molecule has 174 valence electrons. The van der Waals surface area contributed by atoms with Gasteiger partial charge in [0.25, 0.3) is 11.1 Å². The van der Waals surface area contributed by atoms with Gasteiger partial charge in [-0.25, -0.2) is 4.79 Å². The van der Waals surface area contributed by atoms with Crippen molar-refractivity contribution in [1.82, 2.24) is 4.90 Å². The second-order valence-corrected chi connectivity index (χ2v) is 9.81. The summed E-state index contributed by atoms with van der Waals surface area (Å²) in [7, 11) is 0. The molecule has 32 heavy (non-hydrogen) atoms. The number of halogens is 1. The molecule has 3 rings (SSSR count). The highest BCUT2D eigenvalue weighted by Crippen LogP contribution is 2.38.